The van der Waals surface area contributed by atoms with Crippen molar-refractivity contribution in [1.29, 1.82) is 0 Å². The van der Waals surface area contributed by atoms with Gasteiger partial charge in [-0.1, -0.05) is 43.5 Å². The molecule has 2 aromatic rings. The molecule has 1 N–H and O–H groups in total. The number of nitrogens with zero attached hydrogens (tertiary/aromatic N) is 1. The lowest BCUT2D eigenvalue weighted by atomic mass is 9.96. The van der Waals surface area contributed by atoms with Crippen molar-refractivity contribution in [2.24, 2.45) is 0 Å². The summed E-state index contributed by atoms with van der Waals surface area (Å²) in [5.74, 6) is -0.244. The summed E-state index contributed by atoms with van der Waals surface area (Å²) in [5.41, 5.74) is 2.44. The van der Waals surface area contributed by atoms with Crippen molar-refractivity contribution in [2.45, 2.75) is 56.2 Å². The van der Waals surface area contributed by atoms with E-state index in [0.29, 0.717) is 18.7 Å². The molecule has 7 heteroatoms. The van der Waals surface area contributed by atoms with E-state index in [1.165, 1.54) is 22.9 Å². The topological polar surface area (TPSA) is 75.7 Å². The van der Waals surface area contributed by atoms with Crippen LogP contribution in [-0.4, -0.2) is 38.8 Å². The average molecular weight is 431 g/mol. The van der Waals surface area contributed by atoms with Gasteiger partial charge in [0.05, 0.1) is 11.5 Å². The molecule has 1 fully saturated rings. The van der Waals surface area contributed by atoms with Crippen molar-refractivity contribution < 1.29 is 17.9 Å². The molecule has 0 heterocycles. The van der Waals surface area contributed by atoms with E-state index in [-0.39, 0.29) is 16.8 Å². The Morgan fingerprint density at radius 1 is 1.03 bits per heavy atom. The van der Waals surface area contributed by atoms with Gasteiger partial charge in [0.1, 0.15) is 0 Å². The van der Waals surface area contributed by atoms with Crippen molar-refractivity contribution >= 4 is 15.9 Å². The van der Waals surface area contributed by atoms with Crippen LogP contribution in [0, 0.1) is 0 Å². The van der Waals surface area contributed by atoms with Gasteiger partial charge in [0.25, 0.3) is 5.91 Å². The Morgan fingerprint density at radius 3 is 2.30 bits per heavy atom. The van der Waals surface area contributed by atoms with Crippen LogP contribution in [0.25, 0.3) is 0 Å². The van der Waals surface area contributed by atoms with Gasteiger partial charge in [0, 0.05) is 32.3 Å². The molecule has 1 amide bonds. The number of sulfonamides is 1. The van der Waals surface area contributed by atoms with E-state index in [1.54, 1.807) is 26.3 Å². The van der Waals surface area contributed by atoms with Crippen LogP contribution >= 0.6 is 0 Å². The average Bonchev–Trinajstić information content (AvgIpc) is 2.78. The van der Waals surface area contributed by atoms with E-state index in [2.05, 4.69) is 5.32 Å². The van der Waals surface area contributed by atoms with Crippen molar-refractivity contribution in [3.8, 4) is 0 Å². The van der Waals surface area contributed by atoms with E-state index in [9.17, 15) is 13.2 Å². The predicted octanol–water partition coefficient (Wildman–Crippen LogP) is 3.72. The van der Waals surface area contributed by atoms with Crippen molar-refractivity contribution in [3.63, 3.8) is 0 Å². The highest BCUT2D eigenvalue weighted by atomic mass is 32.2. The van der Waals surface area contributed by atoms with Crippen LogP contribution in [0.3, 0.4) is 0 Å². The lowest BCUT2D eigenvalue weighted by Gasteiger charge is -2.30. The Kier molecular flexibility index (Phi) is 7.64. The summed E-state index contributed by atoms with van der Waals surface area (Å²) in [4.78, 5) is 12.7. The molecule has 30 heavy (non-hydrogen) atoms. The second kappa shape index (κ2) is 10.2. The Hall–Kier alpha value is -2.22. The number of ether oxygens (including phenoxy) is 1. The molecule has 1 saturated carbocycles. The first-order chi connectivity index (χ1) is 14.4. The third-order valence-electron chi connectivity index (χ3n) is 5.74. The van der Waals surface area contributed by atoms with Crippen LogP contribution in [0.15, 0.2) is 53.4 Å². The summed E-state index contributed by atoms with van der Waals surface area (Å²) in [5, 5.41) is 2.89. The number of carbonyl (C=O) groups is 1. The monoisotopic (exact) mass is 430 g/mol. The van der Waals surface area contributed by atoms with Gasteiger partial charge in [-0.3, -0.25) is 4.79 Å². The number of hydrogen-bond acceptors (Lipinski definition) is 4. The maximum atomic E-state index is 12.9. The number of benzene rings is 2. The summed E-state index contributed by atoms with van der Waals surface area (Å²) in [6.45, 7) is 0.857. The van der Waals surface area contributed by atoms with Gasteiger partial charge < -0.3 is 10.1 Å². The van der Waals surface area contributed by atoms with Gasteiger partial charge in [-0.2, -0.15) is 4.31 Å². The second-order valence-electron chi connectivity index (χ2n) is 7.72. The molecule has 1 aliphatic carbocycles. The van der Waals surface area contributed by atoms with E-state index >= 15 is 0 Å². The first kappa shape index (κ1) is 22.5. The lowest BCUT2D eigenvalue weighted by molar-refractivity contribution is 0.0950. The number of methoxy groups -OCH3 is 1. The zero-order chi connectivity index (χ0) is 21.6. The summed E-state index contributed by atoms with van der Waals surface area (Å²) in [6, 6.07) is 14.0. The Bertz CT molecular complexity index is 951. The number of nitrogens with one attached hydrogen (secondary N) is 1. The number of carbonyl (C=O) groups excluding carboxylic acids is 1. The summed E-state index contributed by atoms with van der Waals surface area (Å²) in [7, 11) is -0.269. The molecule has 2 aromatic carbocycles. The molecule has 1 aliphatic rings. The predicted molar refractivity (Wildman–Crippen MR) is 117 cm³/mol. The Morgan fingerprint density at radius 2 is 1.67 bits per heavy atom. The molecule has 0 aromatic heterocycles. The van der Waals surface area contributed by atoms with Gasteiger partial charge >= 0.3 is 0 Å². The summed E-state index contributed by atoms with van der Waals surface area (Å²) in [6.07, 6.45) is 5.11. The third kappa shape index (κ3) is 5.28. The molecular weight excluding hydrogens is 400 g/mol. The fourth-order valence-electron chi connectivity index (χ4n) is 3.89. The maximum absolute atomic E-state index is 12.9. The van der Waals surface area contributed by atoms with Crippen LogP contribution in [0.2, 0.25) is 0 Å². The molecule has 0 saturated heterocycles. The number of hydrogen-bond donors (Lipinski definition) is 1. The molecule has 0 radical (unpaired) electrons. The van der Waals surface area contributed by atoms with Crippen molar-refractivity contribution in [3.05, 3.63) is 65.2 Å². The van der Waals surface area contributed by atoms with Gasteiger partial charge in [-0.05, 0) is 48.2 Å². The minimum Gasteiger partial charge on any atom is -0.380 e. The second-order valence-corrected chi connectivity index (χ2v) is 9.72. The zero-order valence-electron chi connectivity index (χ0n) is 17.6. The van der Waals surface area contributed by atoms with E-state index in [0.717, 1.165) is 36.8 Å². The van der Waals surface area contributed by atoms with Crippen LogP contribution in [-0.2, 0) is 27.9 Å². The normalized spacial score (nSPS) is 15.3. The smallest absolute Gasteiger partial charge is 0.251 e. The first-order valence-corrected chi connectivity index (χ1v) is 11.8. The highest BCUT2D eigenvalue weighted by Crippen LogP contribution is 2.26. The highest BCUT2D eigenvalue weighted by Gasteiger charge is 2.29. The van der Waals surface area contributed by atoms with Gasteiger partial charge in [-0.15, -0.1) is 0 Å². The standard InChI is InChI=1S/C23H30N2O4S/c1-25(21-10-4-3-5-11-21)30(27,28)22-14-12-18(13-15-22)23(26)24-16-19-8-6-7-9-20(19)17-29-2/h6-9,12-15,21H,3-5,10-11,16-17H2,1-2H3,(H,24,26). The molecule has 0 aliphatic heterocycles. The van der Waals surface area contributed by atoms with Crippen LogP contribution in [0.4, 0.5) is 0 Å². The van der Waals surface area contributed by atoms with Gasteiger partial charge in [0.15, 0.2) is 0 Å². The van der Waals surface area contributed by atoms with Crippen LogP contribution < -0.4 is 5.32 Å². The Labute approximate surface area is 179 Å². The molecule has 3 rings (SSSR count). The molecule has 0 spiro atoms. The Balaban J connectivity index is 1.65. The molecule has 0 bridgehead atoms. The summed E-state index contributed by atoms with van der Waals surface area (Å²) >= 11 is 0. The number of amides is 1. The fraction of sp³-hybridized carbons (Fsp3) is 0.435. The molecule has 0 unspecified atom stereocenters. The van der Waals surface area contributed by atoms with E-state index < -0.39 is 10.0 Å². The van der Waals surface area contributed by atoms with Gasteiger partial charge in [-0.25, -0.2) is 8.42 Å². The van der Waals surface area contributed by atoms with Crippen molar-refractivity contribution in [1.82, 2.24) is 9.62 Å². The van der Waals surface area contributed by atoms with Crippen LogP contribution in [0.1, 0.15) is 53.6 Å². The molecule has 162 valence electrons. The van der Waals surface area contributed by atoms with E-state index in [4.69, 9.17) is 4.74 Å². The third-order valence-corrected chi connectivity index (χ3v) is 7.66. The molecular formula is C23H30N2O4S. The highest BCUT2D eigenvalue weighted by molar-refractivity contribution is 7.89. The fourth-order valence-corrected chi connectivity index (χ4v) is 5.31. The maximum Gasteiger partial charge on any atom is 0.251 e. The SMILES string of the molecule is COCc1ccccc1CNC(=O)c1ccc(S(=O)(=O)N(C)C2CCCCC2)cc1. The van der Waals surface area contributed by atoms with Gasteiger partial charge in [0.2, 0.25) is 10.0 Å². The lowest BCUT2D eigenvalue weighted by Crippen LogP contribution is -2.38. The summed E-state index contributed by atoms with van der Waals surface area (Å²) < 4.78 is 32.6. The molecule has 6 nitrogen and oxygen atoms in total. The zero-order valence-corrected chi connectivity index (χ0v) is 18.5. The minimum atomic E-state index is -3.56. The first-order valence-electron chi connectivity index (χ1n) is 10.4. The van der Waals surface area contributed by atoms with Crippen LogP contribution in [0.5, 0.6) is 0 Å². The van der Waals surface area contributed by atoms with E-state index in [1.807, 2.05) is 24.3 Å². The molecule has 0 atom stereocenters. The minimum absolute atomic E-state index is 0.0545. The largest absolute Gasteiger partial charge is 0.380 e. The van der Waals surface area contributed by atoms with Crippen molar-refractivity contribution in [2.75, 3.05) is 14.2 Å². The number of rotatable bonds is 8. The quantitative estimate of drug-likeness (QED) is 0.693.